The van der Waals surface area contributed by atoms with E-state index >= 15 is 0 Å². The van der Waals surface area contributed by atoms with Crippen LogP contribution in [0.1, 0.15) is 76.5 Å². The van der Waals surface area contributed by atoms with E-state index in [1.54, 1.807) is 23.6 Å². The Hall–Kier alpha value is -7.14. The molecule has 0 fully saturated rings. The number of hydrogen-bond donors (Lipinski definition) is 4. The minimum atomic E-state index is -4.52. The number of benzene rings is 2. The average Bonchev–Trinajstić information content (AvgIpc) is 4.02. The van der Waals surface area contributed by atoms with Gasteiger partial charge in [0, 0.05) is 46.1 Å². The largest absolute Gasteiger partial charge is 3.00 e. The van der Waals surface area contributed by atoms with E-state index in [0.29, 0.717) is 23.6 Å². The minimum absolute atomic E-state index is 0. The number of unbranched alkanes of at least 4 members (excludes halogenated alkanes) is 3. The van der Waals surface area contributed by atoms with Crippen LogP contribution in [0, 0.1) is 0 Å². The maximum absolute atomic E-state index is 12.6. The minimum Gasteiger partial charge on any atom is -0.753 e. The number of hydrogen-bond acceptors (Lipinski definition) is 8. The predicted molar refractivity (Wildman–Crippen MR) is 285 cm³/mol. The van der Waals surface area contributed by atoms with E-state index in [1.807, 2.05) is 73.1 Å². The molecule has 3 aliphatic rings. The van der Waals surface area contributed by atoms with Crippen LogP contribution in [0.2, 0.25) is 0 Å². The maximum atomic E-state index is 12.6. The number of aromatic nitrogens is 2. The topological polar surface area (TPSA) is 212 Å². The molecule has 19 heteroatoms. The zero-order valence-electron chi connectivity index (χ0n) is 39.8. The van der Waals surface area contributed by atoms with Gasteiger partial charge < -0.3 is 47.6 Å². The number of allylic oxidation sites excluding steroid dienone is 4. The predicted octanol–water partition coefficient (Wildman–Crippen LogP) is 13.3. The van der Waals surface area contributed by atoms with Crippen LogP contribution in [0.25, 0.3) is 38.2 Å². The van der Waals surface area contributed by atoms with Crippen molar-refractivity contribution in [1.82, 2.24) is 9.55 Å². The Labute approximate surface area is 444 Å². The molecule has 3 aliphatic heterocycles. The molecule has 6 N–H and O–H groups in total. The summed E-state index contributed by atoms with van der Waals surface area (Å²) in [7, 11) is 2.00. The number of carbonyl (C=O) groups is 2. The van der Waals surface area contributed by atoms with Gasteiger partial charge in [-0.3, -0.25) is 9.88 Å². The summed E-state index contributed by atoms with van der Waals surface area (Å²) in [5.74, 6) is -1.25. The first-order valence-electron chi connectivity index (χ1n) is 22.8. The van der Waals surface area contributed by atoms with E-state index in [9.17, 15) is 33.0 Å². The van der Waals surface area contributed by atoms with Gasteiger partial charge in [0.1, 0.15) is 11.9 Å². The van der Waals surface area contributed by atoms with Crippen molar-refractivity contribution in [2.24, 2.45) is 18.5 Å². The molecule has 0 amide bonds. The summed E-state index contributed by atoms with van der Waals surface area (Å²) in [6.07, 6.45) is 14.2. The van der Waals surface area contributed by atoms with Gasteiger partial charge in [-0.15, -0.1) is 35.8 Å². The molecule has 73 heavy (non-hydrogen) atoms. The molecule has 1 radical (unpaired) electrons. The summed E-state index contributed by atoms with van der Waals surface area (Å²) in [5, 5.41) is 42.9. The SMILES string of the molecule is CCCCCCc1ccsc1C1=CC[N-]C(/C(N)=C/C(N)C(F)(F)F)=C1.Cn1c(C2=CC(c3cc(C(=O)O)cc(C4=CC(C(=O)O)=CC[N-]4)n3)[N-]C=C2)ccc1N(c1ccccc1)c1ccccc1.[N-]=C=S.[Ru+3]. The molecule has 0 saturated heterocycles. The van der Waals surface area contributed by atoms with Crippen LogP contribution in [-0.2, 0) is 37.7 Å². The molecule has 13 nitrogen and oxygen atoms in total. The van der Waals surface area contributed by atoms with Crippen LogP contribution in [0.3, 0.4) is 0 Å². The van der Waals surface area contributed by atoms with Crippen molar-refractivity contribution in [3.63, 3.8) is 0 Å². The van der Waals surface area contributed by atoms with Crippen molar-refractivity contribution >= 4 is 74.7 Å². The molecule has 0 saturated carbocycles. The van der Waals surface area contributed by atoms with E-state index < -0.39 is 30.2 Å². The van der Waals surface area contributed by atoms with Crippen LogP contribution in [0.5, 0.6) is 0 Å². The number of isothiocyanates is 1. The molecule has 6 heterocycles. The van der Waals surface area contributed by atoms with E-state index in [2.05, 4.69) is 85.9 Å². The zero-order valence-corrected chi connectivity index (χ0v) is 43.1. The fourth-order valence-corrected chi connectivity index (χ4v) is 8.85. The van der Waals surface area contributed by atoms with E-state index in [4.69, 9.17) is 16.9 Å². The summed E-state index contributed by atoms with van der Waals surface area (Å²) < 4.78 is 40.0. The van der Waals surface area contributed by atoms with Crippen LogP contribution >= 0.6 is 23.6 Å². The van der Waals surface area contributed by atoms with Crippen molar-refractivity contribution < 1.29 is 52.5 Å². The molecular weight excluding hydrogens is 1060 g/mol. The summed E-state index contributed by atoms with van der Waals surface area (Å²) in [6.45, 7) is 2.74. The molecule has 2 unspecified atom stereocenters. The molecule has 2 atom stereocenters. The summed E-state index contributed by atoms with van der Waals surface area (Å²) >= 11 is 5.33. The Morgan fingerprint density at radius 1 is 0.959 bits per heavy atom. The quantitative estimate of drug-likeness (QED) is 0.0320. The van der Waals surface area contributed by atoms with Crippen molar-refractivity contribution in [3.8, 4) is 0 Å². The molecule has 0 bridgehead atoms. The molecule has 0 aliphatic carbocycles. The second-order valence-electron chi connectivity index (χ2n) is 16.4. The van der Waals surface area contributed by atoms with Crippen LogP contribution in [0.4, 0.5) is 30.4 Å². The number of pyridine rings is 1. The number of thiophene rings is 1. The smallest absolute Gasteiger partial charge is 0.753 e. The van der Waals surface area contributed by atoms with Gasteiger partial charge in [0.15, 0.2) is 0 Å². The van der Waals surface area contributed by atoms with E-state index in [0.717, 1.165) is 57.8 Å². The van der Waals surface area contributed by atoms with Gasteiger partial charge in [-0.25, -0.2) is 9.59 Å². The van der Waals surface area contributed by atoms with Gasteiger partial charge in [-0.2, -0.15) is 24.5 Å². The Bertz CT molecular complexity index is 2930. The number of para-hydroxylation sites is 2. The second kappa shape index (κ2) is 27.1. The Balaban J connectivity index is 0.000000283. The Morgan fingerprint density at radius 2 is 1.63 bits per heavy atom. The number of carboxylic acids is 2. The monoisotopic (exact) mass is 1110 g/mol. The first kappa shape index (κ1) is 56.8. The van der Waals surface area contributed by atoms with Gasteiger partial charge in [0.2, 0.25) is 0 Å². The standard InChI is InChI=1S/C34H27N5O4.C19H25F3N3S.CNS.Ru/c1-38-31(12-13-32(38)39(25-8-4-2-5-9-25)26-10-6-3-7-11-26)22-14-16-35-27(18-22)29-20-24(34(42)43)21-30(37-29)28-19-23(33(40)41)15-17-36-28;1-2-3-4-5-6-13-8-10-26-18(13)14-7-9-25-16(11-14)15(23)12-17(24)19(20,21)22;2-1-3;/h2-16,18-21,27H,17H2,1H3,(H,40,41)(H,42,43);7-8,10-12,17H,2-6,9,23-24H2,1H3;;/q-2;2*-1;+3/b;15-12-;;. The molecule has 379 valence electrons. The molecule has 8 rings (SSSR count). The Kier molecular flexibility index (Phi) is 21.1. The van der Waals surface area contributed by atoms with Crippen LogP contribution in [-0.4, -0.2) is 62.2 Å². The number of alkyl halides is 3. The molecule has 3 aromatic heterocycles. The number of halogens is 3. The molecular formula is C54H52F3N9O4RuS2-. The summed E-state index contributed by atoms with van der Waals surface area (Å²) in [6, 6.07) is 26.8. The third-order valence-electron chi connectivity index (χ3n) is 11.5. The van der Waals surface area contributed by atoms with Crippen LogP contribution in [0.15, 0.2) is 162 Å². The van der Waals surface area contributed by atoms with E-state index in [-0.39, 0.29) is 48.6 Å². The number of carboxylic acid groups (broad SMARTS) is 2. The fraction of sp³-hybridized carbons (Fsp3) is 0.222. The normalized spacial score (nSPS) is 15.4. The number of aromatic carboxylic acids is 1. The Morgan fingerprint density at radius 3 is 2.26 bits per heavy atom. The molecule has 0 spiro atoms. The first-order valence-corrected chi connectivity index (χ1v) is 24.1. The third kappa shape index (κ3) is 15.2. The molecule has 2 aromatic carbocycles. The number of thiocarbonyl (C=S) groups is 1. The first-order chi connectivity index (χ1) is 34.6. The maximum Gasteiger partial charge on any atom is 3.00 e. The number of anilines is 3. The van der Waals surface area contributed by atoms with Gasteiger partial charge in [0.05, 0.1) is 11.1 Å². The van der Waals surface area contributed by atoms with Gasteiger partial charge in [0.25, 0.3) is 0 Å². The van der Waals surface area contributed by atoms with Crippen molar-refractivity contribution in [3.05, 3.63) is 217 Å². The number of aliphatic carboxylic acids is 1. The fourth-order valence-electron chi connectivity index (χ4n) is 7.88. The van der Waals surface area contributed by atoms with Crippen molar-refractivity contribution in [1.29, 1.82) is 0 Å². The van der Waals surface area contributed by atoms with Gasteiger partial charge in [-0.1, -0.05) is 117 Å². The zero-order chi connectivity index (χ0) is 51.8. The summed E-state index contributed by atoms with van der Waals surface area (Å²) in [4.78, 5) is 31.6. The van der Waals surface area contributed by atoms with Gasteiger partial charge >= 0.3 is 37.6 Å². The van der Waals surface area contributed by atoms with Crippen molar-refractivity contribution in [2.45, 2.75) is 57.3 Å². The number of nitrogens with two attached hydrogens (primary N) is 2. The number of rotatable bonds is 16. The summed E-state index contributed by atoms with van der Waals surface area (Å²) in [5.41, 5.74) is 18.5. The van der Waals surface area contributed by atoms with Gasteiger partial charge in [-0.05, 0) is 95.6 Å². The molecule has 5 aromatic rings. The van der Waals surface area contributed by atoms with Crippen LogP contribution < -0.4 is 16.4 Å². The van der Waals surface area contributed by atoms with E-state index in [1.165, 1.54) is 54.3 Å². The average molecular weight is 1110 g/mol. The second-order valence-corrected chi connectivity index (χ2v) is 17.5. The third-order valence-corrected chi connectivity index (χ3v) is 12.5. The van der Waals surface area contributed by atoms with Crippen molar-refractivity contribution in [2.75, 3.05) is 18.0 Å². The number of nitrogens with zero attached hydrogens (tertiary/aromatic N) is 7. The number of aryl methyl sites for hydroxylation is 1.